The second kappa shape index (κ2) is 5.76. The fourth-order valence-corrected chi connectivity index (χ4v) is 2.88. The van der Waals surface area contributed by atoms with Gasteiger partial charge in [0.2, 0.25) is 11.8 Å². The highest BCUT2D eigenvalue weighted by molar-refractivity contribution is 6.30. The molecule has 6 nitrogen and oxygen atoms in total. The molecule has 22 heavy (non-hydrogen) atoms. The van der Waals surface area contributed by atoms with Crippen molar-refractivity contribution in [1.82, 2.24) is 19.9 Å². The van der Waals surface area contributed by atoms with Gasteiger partial charge in [0.25, 0.3) is 0 Å². The van der Waals surface area contributed by atoms with Crippen LogP contribution < -0.4 is 10.1 Å². The Bertz CT molecular complexity index is 713. The Labute approximate surface area is 133 Å². The maximum Gasteiger partial charge on any atom is 0.241 e. The summed E-state index contributed by atoms with van der Waals surface area (Å²) in [6.45, 7) is 6.73. The van der Waals surface area contributed by atoms with E-state index < -0.39 is 0 Å². The van der Waals surface area contributed by atoms with Crippen LogP contribution in [0.4, 0.5) is 0 Å². The number of rotatable bonds is 4. The van der Waals surface area contributed by atoms with Crippen molar-refractivity contribution in [3.63, 3.8) is 0 Å². The molecule has 0 unspecified atom stereocenters. The zero-order valence-corrected chi connectivity index (χ0v) is 13.6. The minimum absolute atomic E-state index is 0.0665. The fourth-order valence-electron chi connectivity index (χ4n) is 2.70. The fraction of sp³-hybridized carbons (Fsp3) is 0.533. The van der Waals surface area contributed by atoms with Crippen LogP contribution in [0.1, 0.15) is 33.2 Å². The van der Waals surface area contributed by atoms with Crippen LogP contribution >= 0.6 is 11.6 Å². The molecule has 0 aliphatic carbocycles. The van der Waals surface area contributed by atoms with E-state index in [4.69, 9.17) is 16.3 Å². The monoisotopic (exact) mass is 322 g/mol. The van der Waals surface area contributed by atoms with Gasteiger partial charge in [-0.15, -0.1) is 0 Å². The van der Waals surface area contributed by atoms with Gasteiger partial charge in [0.1, 0.15) is 16.8 Å². The molecule has 0 radical (unpaired) electrons. The van der Waals surface area contributed by atoms with Crippen molar-refractivity contribution >= 4 is 28.5 Å². The number of nitrogens with one attached hydrogen (secondary N) is 1. The van der Waals surface area contributed by atoms with Gasteiger partial charge in [0.05, 0.1) is 11.8 Å². The first-order valence-electron chi connectivity index (χ1n) is 7.42. The lowest BCUT2D eigenvalue weighted by Crippen LogP contribution is -2.26. The van der Waals surface area contributed by atoms with Crippen LogP contribution in [-0.2, 0) is 4.79 Å². The molecular weight excluding hydrogens is 304 g/mol. The van der Waals surface area contributed by atoms with Crippen LogP contribution in [0.2, 0.25) is 5.15 Å². The van der Waals surface area contributed by atoms with Gasteiger partial charge in [0, 0.05) is 31.0 Å². The van der Waals surface area contributed by atoms with E-state index in [1.807, 2.05) is 11.5 Å². The highest BCUT2D eigenvalue weighted by Crippen LogP contribution is 2.30. The molecule has 118 valence electrons. The van der Waals surface area contributed by atoms with E-state index in [0.717, 1.165) is 11.0 Å². The molecule has 0 aromatic carbocycles. The van der Waals surface area contributed by atoms with Crippen molar-refractivity contribution in [3.05, 3.63) is 17.5 Å². The Morgan fingerprint density at radius 3 is 2.86 bits per heavy atom. The van der Waals surface area contributed by atoms with Crippen molar-refractivity contribution in [2.75, 3.05) is 6.54 Å². The van der Waals surface area contributed by atoms with Crippen molar-refractivity contribution in [2.24, 2.45) is 5.92 Å². The Kier molecular flexibility index (Phi) is 3.95. The average molecular weight is 323 g/mol. The van der Waals surface area contributed by atoms with Gasteiger partial charge in [-0.25, -0.2) is 4.98 Å². The second-order valence-corrected chi connectivity index (χ2v) is 6.34. The lowest BCUT2D eigenvalue weighted by Gasteiger charge is -2.20. The molecule has 2 aromatic heterocycles. The van der Waals surface area contributed by atoms with E-state index in [2.05, 4.69) is 29.1 Å². The third-order valence-electron chi connectivity index (χ3n) is 4.02. The summed E-state index contributed by atoms with van der Waals surface area (Å²) in [6.07, 6.45) is 2.11. The minimum atomic E-state index is -0.136. The smallest absolute Gasteiger partial charge is 0.241 e. The first-order valence-corrected chi connectivity index (χ1v) is 7.80. The molecule has 1 saturated heterocycles. The van der Waals surface area contributed by atoms with Gasteiger partial charge in [0.15, 0.2) is 0 Å². The lowest BCUT2D eigenvalue weighted by molar-refractivity contribution is -0.119. The number of fused-ring (bicyclic) bond motifs is 1. The van der Waals surface area contributed by atoms with E-state index in [0.29, 0.717) is 24.0 Å². The van der Waals surface area contributed by atoms with Gasteiger partial charge in [-0.1, -0.05) is 11.6 Å². The predicted molar refractivity (Wildman–Crippen MR) is 84.1 cm³/mol. The molecule has 0 bridgehead atoms. The first kappa shape index (κ1) is 15.1. The zero-order chi connectivity index (χ0) is 15.9. The molecule has 0 saturated carbocycles. The minimum Gasteiger partial charge on any atom is -0.473 e. The van der Waals surface area contributed by atoms with Gasteiger partial charge < -0.3 is 14.6 Å². The van der Waals surface area contributed by atoms with Crippen LogP contribution in [-0.4, -0.2) is 33.1 Å². The first-order chi connectivity index (χ1) is 10.5. The predicted octanol–water partition coefficient (Wildman–Crippen LogP) is 2.57. The molecule has 2 atom stereocenters. The number of hydrogen-bond donors (Lipinski definition) is 1. The maximum atomic E-state index is 11.4. The van der Waals surface area contributed by atoms with Crippen molar-refractivity contribution in [1.29, 1.82) is 0 Å². The Morgan fingerprint density at radius 2 is 2.23 bits per heavy atom. The van der Waals surface area contributed by atoms with E-state index in [1.165, 1.54) is 0 Å². The average Bonchev–Trinajstić information content (AvgIpc) is 3.04. The molecule has 1 aliphatic heterocycles. The molecule has 3 heterocycles. The van der Waals surface area contributed by atoms with E-state index >= 15 is 0 Å². The van der Waals surface area contributed by atoms with Gasteiger partial charge >= 0.3 is 0 Å². The molecule has 3 rings (SSSR count). The topological polar surface area (TPSA) is 69.0 Å². The number of nitrogens with zero attached hydrogens (tertiary/aromatic N) is 3. The molecule has 2 aromatic rings. The SMILES string of the molecule is CC(C)n1cnc2cc(Cl)nc(O[C@H](C)[C@H]3CNC(=O)C3)c21. The molecule has 1 aliphatic rings. The molecular formula is C15H19ClN4O2. The van der Waals surface area contributed by atoms with Crippen LogP contribution in [0.3, 0.4) is 0 Å². The zero-order valence-electron chi connectivity index (χ0n) is 12.8. The summed E-state index contributed by atoms with van der Waals surface area (Å²) in [5.41, 5.74) is 1.60. The largest absolute Gasteiger partial charge is 0.473 e. The number of ether oxygens (including phenoxy) is 1. The molecule has 1 amide bonds. The summed E-state index contributed by atoms with van der Waals surface area (Å²) in [6, 6.07) is 1.97. The van der Waals surface area contributed by atoms with Crippen LogP contribution in [0.15, 0.2) is 12.4 Å². The van der Waals surface area contributed by atoms with E-state index in [1.54, 1.807) is 12.4 Å². The van der Waals surface area contributed by atoms with Crippen molar-refractivity contribution in [3.8, 4) is 5.88 Å². The molecule has 1 fully saturated rings. The number of hydrogen-bond acceptors (Lipinski definition) is 4. The van der Waals surface area contributed by atoms with Crippen molar-refractivity contribution < 1.29 is 9.53 Å². The van der Waals surface area contributed by atoms with Crippen LogP contribution in [0.5, 0.6) is 5.88 Å². The number of halogens is 1. The van der Waals surface area contributed by atoms with Crippen LogP contribution in [0.25, 0.3) is 11.0 Å². The maximum absolute atomic E-state index is 11.4. The number of amides is 1. The standard InChI is InChI=1S/C15H19ClN4O2/c1-8(2)20-7-18-11-5-12(16)19-15(14(11)20)22-9(3)10-4-13(21)17-6-10/h5,7-10H,4,6H2,1-3H3,(H,17,21)/t9-,10-/m1/s1. The number of pyridine rings is 1. The summed E-state index contributed by atoms with van der Waals surface area (Å²) < 4.78 is 8.05. The van der Waals surface area contributed by atoms with Gasteiger partial charge in [-0.3, -0.25) is 4.79 Å². The summed E-state index contributed by atoms with van der Waals surface area (Å²) in [7, 11) is 0. The summed E-state index contributed by atoms with van der Waals surface area (Å²) in [5, 5.41) is 3.18. The lowest BCUT2D eigenvalue weighted by atomic mass is 10.0. The van der Waals surface area contributed by atoms with E-state index in [9.17, 15) is 4.79 Å². The Morgan fingerprint density at radius 1 is 1.45 bits per heavy atom. The van der Waals surface area contributed by atoms with Gasteiger partial charge in [-0.2, -0.15) is 4.98 Å². The van der Waals surface area contributed by atoms with Crippen molar-refractivity contribution in [2.45, 2.75) is 39.3 Å². The van der Waals surface area contributed by atoms with Crippen LogP contribution in [0, 0.1) is 5.92 Å². The second-order valence-electron chi connectivity index (χ2n) is 5.95. The van der Waals surface area contributed by atoms with E-state index in [-0.39, 0.29) is 24.0 Å². The third kappa shape index (κ3) is 2.75. The Balaban J connectivity index is 1.95. The molecule has 7 heteroatoms. The number of carbonyl (C=O) groups excluding carboxylic acids is 1. The Hall–Kier alpha value is -1.82. The summed E-state index contributed by atoms with van der Waals surface area (Å²) in [5.74, 6) is 0.677. The number of carbonyl (C=O) groups is 1. The number of aromatic nitrogens is 3. The normalized spacial score (nSPS) is 19.7. The quantitative estimate of drug-likeness (QED) is 0.878. The highest BCUT2D eigenvalue weighted by atomic mass is 35.5. The summed E-state index contributed by atoms with van der Waals surface area (Å²) in [4.78, 5) is 20.1. The molecule has 1 N–H and O–H groups in total. The molecule has 0 spiro atoms. The summed E-state index contributed by atoms with van der Waals surface area (Å²) >= 11 is 6.07. The number of imidazole rings is 1. The highest BCUT2D eigenvalue weighted by Gasteiger charge is 2.29. The van der Waals surface area contributed by atoms with Gasteiger partial charge in [-0.05, 0) is 20.8 Å². The third-order valence-corrected chi connectivity index (χ3v) is 4.21.